The molecule has 1 heterocycles. The summed E-state index contributed by atoms with van der Waals surface area (Å²) in [6, 6.07) is 2.84. The Morgan fingerprint density at radius 2 is 2.29 bits per heavy atom. The number of nitrogens with two attached hydrogens (primary N) is 1. The second-order valence-corrected chi connectivity index (χ2v) is 4.12. The SMILES string of the molecule is CCCNC(=O)C(C)Nc1nc(Cl)ccc1N. The second kappa shape index (κ2) is 6.30. The van der Waals surface area contributed by atoms with E-state index in [1.807, 2.05) is 6.92 Å². The summed E-state index contributed by atoms with van der Waals surface area (Å²) >= 11 is 5.76. The fraction of sp³-hybridized carbons (Fsp3) is 0.455. The Morgan fingerprint density at radius 1 is 1.59 bits per heavy atom. The van der Waals surface area contributed by atoms with Gasteiger partial charge in [0.15, 0.2) is 5.82 Å². The number of aromatic nitrogens is 1. The number of rotatable bonds is 5. The van der Waals surface area contributed by atoms with Gasteiger partial charge in [0.1, 0.15) is 11.2 Å². The predicted octanol–water partition coefficient (Wildman–Crippen LogP) is 1.64. The zero-order chi connectivity index (χ0) is 12.8. The molecule has 17 heavy (non-hydrogen) atoms. The van der Waals surface area contributed by atoms with E-state index in [9.17, 15) is 4.79 Å². The highest BCUT2D eigenvalue weighted by molar-refractivity contribution is 6.29. The topological polar surface area (TPSA) is 80.0 Å². The number of halogens is 1. The van der Waals surface area contributed by atoms with Crippen molar-refractivity contribution in [2.45, 2.75) is 26.3 Å². The highest BCUT2D eigenvalue weighted by Gasteiger charge is 2.13. The third-order valence-electron chi connectivity index (χ3n) is 2.19. The Hall–Kier alpha value is -1.49. The van der Waals surface area contributed by atoms with Crippen molar-refractivity contribution in [2.24, 2.45) is 0 Å². The minimum absolute atomic E-state index is 0.0898. The monoisotopic (exact) mass is 256 g/mol. The van der Waals surface area contributed by atoms with Gasteiger partial charge in [-0.2, -0.15) is 0 Å². The highest BCUT2D eigenvalue weighted by Crippen LogP contribution is 2.18. The van der Waals surface area contributed by atoms with Crippen molar-refractivity contribution >= 4 is 29.0 Å². The molecule has 1 atom stereocenters. The van der Waals surface area contributed by atoms with E-state index in [0.717, 1.165) is 6.42 Å². The summed E-state index contributed by atoms with van der Waals surface area (Å²) in [5.74, 6) is 0.338. The molecule has 0 saturated heterocycles. The van der Waals surface area contributed by atoms with Gasteiger partial charge in [0, 0.05) is 6.54 Å². The van der Waals surface area contributed by atoms with Crippen molar-refractivity contribution in [2.75, 3.05) is 17.6 Å². The van der Waals surface area contributed by atoms with Crippen LogP contribution in [-0.4, -0.2) is 23.5 Å². The molecule has 1 rings (SSSR count). The number of nitrogens with zero attached hydrogens (tertiary/aromatic N) is 1. The van der Waals surface area contributed by atoms with Crippen molar-refractivity contribution in [1.82, 2.24) is 10.3 Å². The van der Waals surface area contributed by atoms with Gasteiger partial charge in [-0.15, -0.1) is 0 Å². The standard InChI is InChI=1S/C11H17ClN4O/c1-3-6-14-11(17)7(2)15-10-8(13)4-5-9(12)16-10/h4-5,7H,3,6,13H2,1-2H3,(H,14,17)(H,15,16). The molecule has 0 bridgehead atoms. The summed E-state index contributed by atoms with van der Waals surface area (Å²) in [4.78, 5) is 15.7. The lowest BCUT2D eigenvalue weighted by atomic mass is 10.3. The number of amides is 1. The Balaban J connectivity index is 2.64. The van der Waals surface area contributed by atoms with Gasteiger partial charge in [-0.05, 0) is 25.5 Å². The largest absolute Gasteiger partial charge is 0.396 e. The van der Waals surface area contributed by atoms with E-state index < -0.39 is 6.04 Å². The molecule has 5 nitrogen and oxygen atoms in total. The molecule has 0 aromatic carbocycles. The smallest absolute Gasteiger partial charge is 0.242 e. The summed E-state index contributed by atoms with van der Waals surface area (Å²) in [6.07, 6.45) is 0.899. The van der Waals surface area contributed by atoms with Gasteiger partial charge in [0.2, 0.25) is 5.91 Å². The van der Waals surface area contributed by atoms with Crippen LogP contribution in [0.4, 0.5) is 11.5 Å². The van der Waals surface area contributed by atoms with Gasteiger partial charge in [-0.3, -0.25) is 4.79 Å². The molecule has 94 valence electrons. The number of anilines is 2. The van der Waals surface area contributed by atoms with Crippen molar-refractivity contribution in [3.8, 4) is 0 Å². The van der Waals surface area contributed by atoms with E-state index in [1.54, 1.807) is 19.1 Å². The molecule has 1 aromatic rings. The van der Waals surface area contributed by atoms with Crippen LogP contribution in [0, 0.1) is 0 Å². The molecular formula is C11H17ClN4O. The van der Waals surface area contributed by atoms with Gasteiger partial charge in [-0.1, -0.05) is 18.5 Å². The first-order valence-corrected chi connectivity index (χ1v) is 5.88. The highest BCUT2D eigenvalue weighted by atomic mass is 35.5. The number of hydrogen-bond donors (Lipinski definition) is 3. The van der Waals surface area contributed by atoms with Crippen LogP contribution in [0.15, 0.2) is 12.1 Å². The minimum atomic E-state index is -0.408. The summed E-state index contributed by atoms with van der Waals surface area (Å²) in [6.45, 7) is 4.39. The Bertz CT molecular complexity index is 397. The lowest BCUT2D eigenvalue weighted by Gasteiger charge is -2.15. The van der Waals surface area contributed by atoms with E-state index in [2.05, 4.69) is 15.6 Å². The summed E-state index contributed by atoms with van der Waals surface area (Å²) in [5.41, 5.74) is 6.19. The van der Waals surface area contributed by atoms with E-state index in [-0.39, 0.29) is 5.91 Å². The summed E-state index contributed by atoms with van der Waals surface area (Å²) in [7, 11) is 0. The number of carbonyl (C=O) groups is 1. The van der Waals surface area contributed by atoms with Crippen LogP contribution in [0.1, 0.15) is 20.3 Å². The number of nitrogen functional groups attached to an aromatic ring is 1. The van der Waals surface area contributed by atoms with Gasteiger partial charge in [0.25, 0.3) is 0 Å². The molecule has 0 aliphatic carbocycles. The van der Waals surface area contributed by atoms with Crippen molar-refractivity contribution in [3.05, 3.63) is 17.3 Å². The van der Waals surface area contributed by atoms with Crippen LogP contribution in [-0.2, 0) is 4.79 Å². The molecule has 0 aliphatic heterocycles. The molecule has 4 N–H and O–H groups in total. The fourth-order valence-electron chi connectivity index (χ4n) is 1.23. The summed E-state index contributed by atoms with van der Waals surface area (Å²) in [5, 5.41) is 6.05. The number of pyridine rings is 1. The van der Waals surface area contributed by atoms with Crippen molar-refractivity contribution in [1.29, 1.82) is 0 Å². The number of nitrogens with one attached hydrogen (secondary N) is 2. The Kier molecular flexibility index (Phi) is 5.03. The number of hydrogen-bond acceptors (Lipinski definition) is 4. The minimum Gasteiger partial charge on any atom is -0.396 e. The molecule has 6 heteroatoms. The van der Waals surface area contributed by atoms with E-state index in [0.29, 0.717) is 23.2 Å². The van der Waals surface area contributed by atoms with E-state index >= 15 is 0 Å². The zero-order valence-corrected chi connectivity index (χ0v) is 10.7. The van der Waals surface area contributed by atoms with Crippen LogP contribution in [0.5, 0.6) is 0 Å². The Labute approximate surface area is 106 Å². The molecular weight excluding hydrogens is 240 g/mol. The third-order valence-corrected chi connectivity index (χ3v) is 2.40. The number of carbonyl (C=O) groups excluding carboxylic acids is 1. The molecule has 1 unspecified atom stereocenters. The molecule has 0 saturated carbocycles. The second-order valence-electron chi connectivity index (χ2n) is 3.73. The van der Waals surface area contributed by atoms with Crippen molar-refractivity contribution < 1.29 is 4.79 Å². The first-order chi connectivity index (χ1) is 8.04. The van der Waals surface area contributed by atoms with Gasteiger partial charge in [-0.25, -0.2) is 4.98 Å². The average molecular weight is 257 g/mol. The average Bonchev–Trinajstić information content (AvgIpc) is 2.30. The molecule has 0 aliphatic rings. The predicted molar refractivity (Wildman–Crippen MR) is 70.0 cm³/mol. The maximum absolute atomic E-state index is 11.6. The van der Waals surface area contributed by atoms with Crippen LogP contribution in [0.25, 0.3) is 0 Å². The summed E-state index contributed by atoms with van der Waals surface area (Å²) < 4.78 is 0. The lowest BCUT2D eigenvalue weighted by molar-refractivity contribution is -0.121. The van der Waals surface area contributed by atoms with Crippen LogP contribution in [0.2, 0.25) is 5.15 Å². The molecule has 0 fully saturated rings. The van der Waals surface area contributed by atoms with Gasteiger partial charge in [0.05, 0.1) is 5.69 Å². The molecule has 0 spiro atoms. The van der Waals surface area contributed by atoms with Crippen LogP contribution >= 0.6 is 11.6 Å². The fourth-order valence-corrected chi connectivity index (χ4v) is 1.38. The maximum atomic E-state index is 11.6. The van der Waals surface area contributed by atoms with Gasteiger partial charge >= 0.3 is 0 Å². The first-order valence-electron chi connectivity index (χ1n) is 5.51. The zero-order valence-electron chi connectivity index (χ0n) is 9.96. The van der Waals surface area contributed by atoms with E-state index in [1.165, 1.54) is 0 Å². The molecule has 0 radical (unpaired) electrons. The third kappa shape index (κ3) is 4.11. The molecule has 1 amide bonds. The molecule has 1 aromatic heterocycles. The van der Waals surface area contributed by atoms with Crippen LogP contribution < -0.4 is 16.4 Å². The first kappa shape index (κ1) is 13.6. The normalized spacial score (nSPS) is 11.9. The van der Waals surface area contributed by atoms with Crippen molar-refractivity contribution in [3.63, 3.8) is 0 Å². The van der Waals surface area contributed by atoms with Gasteiger partial charge < -0.3 is 16.4 Å². The van der Waals surface area contributed by atoms with E-state index in [4.69, 9.17) is 17.3 Å². The Morgan fingerprint density at radius 3 is 2.94 bits per heavy atom. The lowest BCUT2D eigenvalue weighted by Crippen LogP contribution is -2.38. The van der Waals surface area contributed by atoms with Crippen LogP contribution in [0.3, 0.4) is 0 Å². The maximum Gasteiger partial charge on any atom is 0.242 e. The quantitative estimate of drug-likeness (QED) is 0.700.